The topological polar surface area (TPSA) is 85.1 Å². The molecule has 0 radical (unpaired) electrons. The number of nitro benzene ring substituents is 1. The molecule has 1 N–H and O–H groups in total. The number of carbonyl (C=O) groups excluding carboxylic acids is 1. The lowest BCUT2D eigenvalue weighted by Crippen LogP contribution is -2.16. The fourth-order valence-corrected chi connectivity index (χ4v) is 1.71. The molecule has 1 aromatic carbocycles. The summed E-state index contributed by atoms with van der Waals surface area (Å²) in [5, 5.41) is 13.2. The molecule has 20 heavy (non-hydrogen) atoms. The van der Waals surface area contributed by atoms with E-state index in [4.69, 9.17) is 0 Å². The fraction of sp³-hybridized carbons (Fsp3) is 0.143. The van der Waals surface area contributed by atoms with Gasteiger partial charge in [0.15, 0.2) is 0 Å². The minimum Gasteiger partial charge on any atom is -0.310 e. The van der Waals surface area contributed by atoms with E-state index in [1.807, 2.05) is 13.0 Å². The summed E-state index contributed by atoms with van der Waals surface area (Å²) in [6, 6.07) is 9.56. The second-order valence-corrected chi connectivity index (χ2v) is 4.32. The zero-order chi connectivity index (χ0) is 14.5. The van der Waals surface area contributed by atoms with Crippen LogP contribution in [0.3, 0.4) is 0 Å². The van der Waals surface area contributed by atoms with E-state index in [0.29, 0.717) is 11.4 Å². The maximum Gasteiger partial charge on any atom is 0.269 e. The van der Waals surface area contributed by atoms with Crippen LogP contribution in [-0.2, 0) is 11.2 Å². The van der Waals surface area contributed by atoms with Gasteiger partial charge >= 0.3 is 0 Å². The van der Waals surface area contributed by atoms with E-state index in [9.17, 15) is 14.9 Å². The number of amides is 1. The Morgan fingerprint density at radius 3 is 2.60 bits per heavy atom. The molecule has 0 bridgehead atoms. The van der Waals surface area contributed by atoms with E-state index >= 15 is 0 Å². The number of anilines is 1. The Labute approximate surface area is 115 Å². The Bertz CT molecular complexity index is 638. The first-order valence-corrected chi connectivity index (χ1v) is 6.01. The highest BCUT2D eigenvalue weighted by Crippen LogP contribution is 2.13. The van der Waals surface area contributed by atoms with Crippen LogP contribution in [0.25, 0.3) is 0 Å². The molecular weight excluding hydrogens is 258 g/mol. The quantitative estimate of drug-likeness (QED) is 0.683. The van der Waals surface area contributed by atoms with Crippen molar-refractivity contribution in [3.05, 3.63) is 63.8 Å². The molecule has 102 valence electrons. The number of aryl methyl sites for hydroxylation is 1. The van der Waals surface area contributed by atoms with Gasteiger partial charge in [0.25, 0.3) is 5.69 Å². The van der Waals surface area contributed by atoms with Crippen LogP contribution >= 0.6 is 0 Å². The van der Waals surface area contributed by atoms with Gasteiger partial charge in [-0.3, -0.25) is 14.9 Å². The zero-order valence-electron chi connectivity index (χ0n) is 10.9. The Hall–Kier alpha value is -2.76. The van der Waals surface area contributed by atoms with Crippen LogP contribution in [0.15, 0.2) is 42.6 Å². The van der Waals surface area contributed by atoms with Gasteiger partial charge in [0, 0.05) is 18.3 Å². The number of nitrogens with one attached hydrogen (secondary N) is 1. The van der Waals surface area contributed by atoms with Gasteiger partial charge in [0.2, 0.25) is 5.91 Å². The second-order valence-electron chi connectivity index (χ2n) is 4.32. The van der Waals surface area contributed by atoms with Gasteiger partial charge < -0.3 is 5.32 Å². The predicted molar refractivity (Wildman–Crippen MR) is 74.4 cm³/mol. The van der Waals surface area contributed by atoms with Crippen LogP contribution in [0.2, 0.25) is 0 Å². The van der Waals surface area contributed by atoms with Crippen LogP contribution in [0.4, 0.5) is 11.5 Å². The molecule has 1 heterocycles. The first-order valence-electron chi connectivity index (χ1n) is 6.01. The molecular formula is C14H13N3O3. The number of pyridine rings is 1. The SMILES string of the molecule is Cc1cccnc1NC(=O)Cc1ccc([N+](=O)[O-])cc1. The second kappa shape index (κ2) is 5.92. The van der Waals surface area contributed by atoms with Crippen LogP contribution in [0.1, 0.15) is 11.1 Å². The largest absolute Gasteiger partial charge is 0.310 e. The molecule has 0 aliphatic heterocycles. The monoisotopic (exact) mass is 271 g/mol. The molecule has 0 saturated carbocycles. The number of carbonyl (C=O) groups is 1. The Kier molecular flexibility index (Phi) is 4.05. The molecule has 0 aliphatic carbocycles. The summed E-state index contributed by atoms with van der Waals surface area (Å²) in [4.78, 5) is 26.0. The summed E-state index contributed by atoms with van der Waals surface area (Å²) in [6.45, 7) is 1.86. The lowest BCUT2D eigenvalue weighted by molar-refractivity contribution is -0.384. The molecule has 1 aromatic heterocycles. The van der Waals surface area contributed by atoms with E-state index in [0.717, 1.165) is 5.56 Å². The van der Waals surface area contributed by atoms with Crippen molar-refractivity contribution in [3.8, 4) is 0 Å². The van der Waals surface area contributed by atoms with Crippen molar-refractivity contribution < 1.29 is 9.72 Å². The van der Waals surface area contributed by atoms with Gasteiger partial charge in [-0.15, -0.1) is 0 Å². The Balaban J connectivity index is 2.01. The minimum absolute atomic E-state index is 0.00901. The molecule has 0 spiro atoms. The number of rotatable bonds is 4. The summed E-state index contributed by atoms with van der Waals surface area (Å²) in [7, 11) is 0. The van der Waals surface area contributed by atoms with E-state index in [1.54, 1.807) is 24.4 Å². The highest BCUT2D eigenvalue weighted by atomic mass is 16.6. The number of non-ortho nitro benzene ring substituents is 1. The fourth-order valence-electron chi connectivity index (χ4n) is 1.71. The van der Waals surface area contributed by atoms with E-state index in [1.165, 1.54) is 12.1 Å². The van der Waals surface area contributed by atoms with Gasteiger partial charge in [-0.2, -0.15) is 0 Å². The average molecular weight is 271 g/mol. The third kappa shape index (κ3) is 3.38. The van der Waals surface area contributed by atoms with Crippen molar-refractivity contribution in [3.63, 3.8) is 0 Å². The summed E-state index contributed by atoms with van der Waals surface area (Å²) in [5.74, 6) is 0.320. The molecule has 6 nitrogen and oxygen atoms in total. The number of hydrogen-bond acceptors (Lipinski definition) is 4. The minimum atomic E-state index is -0.471. The predicted octanol–water partition coefficient (Wildman–Crippen LogP) is 2.48. The zero-order valence-corrected chi connectivity index (χ0v) is 10.9. The number of aromatic nitrogens is 1. The Morgan fingerprint density at radius 2 is 2.00 bits per heavy atom. The molecule has 0 fully saturated rings. The van der Waals surface area contributed by atoms with Crippen molar-refractivity contribution >= 4 is 17.4 Å². The highest BCUT2D eigenvalue weighted by molar-refractivity contribution is 5.91. The number of benzene rings is 1. The molecule has 0 atom stereocenters. The standard InChI is InChI=1S/C14H13N3O3/c1-10-3-2-8-15-14(10)16-13(18)9-11-4-6-12(7-5-11)17(19)20/h2-8H,9H2,1H3,(H,15,16,18). The van der Waals surface area contributed by atoms with E-state index < -0.39 is 4.92 Å². The third-order valence-corrected chi connectivity index (χ3v) is 2.78. The van der Waals surface area contributed by atoms with Crippen LogP contribution < -0.4 is 5.32 Å². The van der Waals surface area contributed by atoms with Crippen molar-refractivity contribution in [1.82, 2.24) is 4.98 Å². The molecule has 1 amide bonds. The molecule has 2 aromatic rings. The van der Waals surface area contributed by atoms with E-state index in [-0.39, 0.29) is 18.0 Å². The normalized spacial score (nSPS) is 10.1. The number of hydrogen-bond donors (Lipinski definition) is 1. The van der Waals surface area contributed by atoms with Crippen molar-refractivity contribution in [2.75, 3.05) is 5.32 Å². The Morgan fingerprint density at radius 1 is 1.30 bits per heavy atom. The molecule has 0 saturated heterocycles. The lowest BCUT2D eigenvalue weighted by Gasteiger charge is -2.06. The summed E-state index contributed by atoms with van der Waals surface area (Å²) >= 11 is 0. The molecule has 2 rings (SSSR count). The maximum absolute atomic E-state index is 11.9. The summed E-state index contributed by atoms with van der Waals surface area (Å²) < 4.78 is 0. The average Bonchev–Trinajstić information content (AvgIpc) is 2.42. The van der Waals surface area contributed by atoms with E-state index in [2.05, 4.69) is 10.3 Å². The molecule has 0 unspecified atom stereocenters. The summed E-state index contributed by atoms with van der Waals surface area (Å²) in [5.41, 5.74) is 1.60. The van der Waals surface area contributed by atoms with Crippen molar-refractivity contribution in [2.45, 2.75) is 13.3 Å². The van der Waals surface area contributed by atoms with Gasteiger partial charge in [-0.05, 0) is 24.1 Å². The van der Waals surface area contributed by atoms with Gasteiger partial charge in [-0.25, -0.2) is 4.98 Å². The van der Waals surface area contributed by atoms with Gasteiger partial charge in [-0.1, -0.05) is 18.2 Å². The number of nitrogens with zero attached hydrogens (tertiary/aromatic N) is 2. The highest BCUT2D eigenvalue weighted by Gasteiger charge is 2.09. The first-order chi connectivity index (χ1) is 9.56. The van der Waals surface area contributed by atoms with Crippen molar-refractivity contribution in [1.29, 1.82) is 0 Å². The van der Waals surface area contributed by atoms with Crippen LogP contribution in [-0.4, -0.2) is 15.8 Å². The smallest absolute Gasteiger partial charge is 0.269 e. The van der Waals surface area contributed by atoms with Gasteiger partial charge in [0.1, 0.15) is 5.82 Å². The van der Waals surface area contributed by atoms with Crippen LogP contribution in [0, 0.1) is 17.0 Å². The maximum atomic E-state index is 11.9. The first kappa shape index (κ1) is 13.7. The summed E-state index contributed by atoms with van der Waals surface area (Å²) in [6.07, 6.45) is 1.75. The molecule has 0 aliphatic rings. The van der Waals surface area contributed by atoms with Crippen LogP contribution in [0.5, 0.6) is 0 Å². The molecule has 6 heteroatoms. The van der Waals surface area contributed by atoms with Crippen molar-refractivity contribution in [2.24, 2.45) is 0 Å². The number of nitro groups is 1. The lowest BCUT2D eigenvalue weighted by atomic mass is 10.1. The van der Waals surface area contributed by atoms with Gasteiger partial charge in [0.05, 0.1) is 11.3 Å². The third-order valence-electron chi connectivity index (χ3n) is 2.78.